The quantitative estimate of drug-likeness (QED) is 0.661. The van der Waals surface area contributed by atoms with E-state index >= 15 is 0 Å². The average Bonchev–Trinajstić information content (AvgIpc) is 1.88. The minimum Gasteiger partial charge on any atom is -0.394 e. The van der Waals surface area contributed by atoms with Crippen LogP contribution in [0, 0.1) is 11.3 Å². The molecule has 0 amide bonds. The van der Waals surface area contributed by atoms with Crippen molar-refractivity contribution >= 4 is 0 Å². The van der Waals surface area contributed by atoms with Crippen LogP contribution in [-0.2, 0) is 0 Å². The Morgan fingerprint density at radius 1 is 1.36 bits per heavy atom. The lowest BCUT2D eigenvalue weighted by Gasteiger charge is -2.30. The van der Waals surface area contributed by atoms with Gasteiger partial charge in [-0.25, -0.2) is 0 Å². The fourth-order valence-corrected chi connectivity index (χ4v) is 0.858. The van der Waals surface area contributed by atoms with Crippen LogP contribution < -0.4 is 5.32 Å². The number of rotatable bonds is 3. The molecule has 0 aliphatic heterocycles. The van der Waals surface area contributed by atoms with Gasteiger partial charge in [0.25, 0.3) is 0 Å². The van der Waals surface area contributed by atoms with Gasteiger partial charge in [-0.1, -0.05) is 33.3 Å². The maximum atomic E-state index is 3.07. The van der Waals surface area contributed by atoms with Crippen molar-refractivity contribution in [2.75, 3.05) is 7.05 Å². The Labute approximate surface area is 70.9 Å². The van der Waals surface area contributed by atoms with Gasteiger partial charge in [0, 0.05) is 7.05 Å². The predicted octanol–water partition coefficient (Wildman–Crippen LogP) is 2.79. The third kappa shape index (κ3) is 2.57. The fourth-order valence-electron chi connectivity index (χ4n) is 0.858. The predicted molar refractivity (Wildman–Crippen MR) is 51.4 cm³/mol. The first-order valence-corrected chi connectivity index (χ1v) is 4.27. The Morgan fingerprint density at radius 3 is 2.09 bits per heavy atom. The summed E-state index contributed by atoms with van der Waals surface area (Å²) in [5, 5.41) is 3.07. The molecular formula is C10H21N. The van der Waals surface area contributed by atoms with Crippen molar-refractivity contribution in [1.82, 2.24) is 5.32 Å². The first kappa shape index (κ1) is 10.5. The van der Waals surface area contributed by atoms with Crippen LogP contribution in [0.4, 0.5) is 0 Å². The van der Waals surface area contributed by atoms with Crippen molar-refractivity contribution in [3.8, 4) is 0 Å². The zero-order valence-electron chi connectivity index (χ0n) is 8.65. The number of allylic oxidation sites excluding steroid dienone is 1. The second-order valence-corrected chi connectivity index (χ2v) is 3.99. The molecule has 0 aromatic rings. The van der Waals surface area contributed by atoms with E-state index in [0.717, 1.165) is 0 Å². The lowest BCUT2D eigenvalue weighted by molar-refractivity contribution is 0.308. The normalized spacial score (nSPS) is 13.9. The molecule has 0 fully saturated rings. The van der Waals surface area contributed by atoms with E-state index in [1.165, 1.54) is 5.57 Å². The largest absolute Gasteiger partial charge is 0.394 e. The van der Waals surface area contributed by atoms with E-state index in [1.807, 2.05) is 7.05 Å². The maximum Gasteiger partial charge on any atom is 0.00276 e. The third-order valence-corrected chi connectivity index (χ3v) is 2.82. The molecule has 0 spiro atoms. The topological polar surface area (TPSA) is 12.0 Å². The average molecular weight is 155 g/mol. The summed E-state index contributed by atoms with van der Waals surface area (Å²) in [4.78, 5) is 0. The van der Waals surface area contributed by atoms with Crippen LogP contribution in [-0.4, -0.2) is 7.05 Å². The zero-order valence-corrected chi connectivity index (χ0v) is 8.65. The summed E-state index contributed by atoms with van der Waals surface area (Å²) in [7, 11) is 1.94. The summed E-state index contributed by atoms with van der Waals surface area (Å²) in [6, 6.07) is 0. The molecular weight excluding hydrogens is 134 g/mol. The van der Waals surface area contributed by atoms with Gasteiger partial charge in [0.2, 0.25) is 0 Å². The summed E-state index contributed by atoms with van der Waals surface area (Å²) in [6.07, 6.45) is 2.08. The van der Waals surface area contributed by atoms with Gasteiger partial charge in [-0.2, -0.15) is 0 Å². The number of nitrogens with one attached hydrogen (secondary N) is 1. The van der Waals surface area contributed by atoms with Gasteiger partial charge in [0.15, 0.2) is 0 Å². The van der Waals surface area contributed by atoms with Crippen LogP contribution in [0.25, 0.3) is 0 Å². The van der Waals surface area contributed by atoms with Crippen molar-refractivity contribution in [2.45, 2.75) is 34.6 Å². The van der Waals surface area contributed by atoms with E-state index in [2.05, 4.69) is 46.1 Å². The molecule has 0 radical (unpaired) electrons. The third-order valence-electron chi connectivity index (χ3n) is 2.82. The lowest BCUT2D eigenvalue weighted by atomic mass is 9.76. The van der Waals surface area contributed by atoms with Crippen LogP contribution in [0.2, 0.25) is 0 Å². The first-order chi connectivity index (χ1) is 4.92. The second kappa shape index (κ2) is 3.80. The zero-order chi connectivity index (χ0) is 9.07. The van der Waals surface area contributed by atoms with E-state index in [4.69, 9.17) is 0 Å². The van der Waals surface area contributed by atoms with Gasteiger partial charge >= 0.3 is 0 Å². The van der Waals surface area contributed by atoms with E-state index in [-0.39, 0.29) is 0 Å². The molecule has 1 nitrogen and oxygen atoms in total. The molecule has 0 atom stereocenters. The van der Waals surface area contributed by atoms with Gasteiger partial charge in [0.1, 0.15) is 0 Å². The molecule has 0 bridgehead atoms. The molecule has 0 unspecified atom stereocenters. The summed E-state index contributed by atoms with van der Waals surface area (Å²) >= 11 is 0. The van der Waals surface area contributed by atoms with Crippen LogP contribution in [0.15, 0.2) is 11.8 Å². The first-order valence-electron chi connectivity index (χ1n) is 4.27. The van der Waals surface area contributed by atoms with E-state index in [0.29, 0.717) is 11.3 Å². The van der Waals surface area contributed by atoms with E-state index < -0.39 is 0 Å². The Morgan fingerprint density at radius 2 is 1.82 bits per heavy atom. The van der Waals surface area contributed by atoms with Crippen molar-refractivity contribution < 1.29 is 0 Å². The molecule has 0 saturated carbocycles. The molecule has 66 valence electrons. The number of hydrogen-bond donors (Lipinski definition) is 1. The molecule has 1 N–H and O–H groups in total. The van der Waals surface area contributed by atoms with Gasteiger partial charge in [0.05, 0.1) is 0 Å². The highest BCUT2D eigenvalue weighted by atomic mass is 14.8. The molecule has 0 heterocycles. The molecule has 11 heavy (non-hydrogen) atoms. The highest BCUT2D eigenvalue weighted by Crippen LogP contribution is 2.33. The van der Waals surface area contributed by atoms with Gasteiger partial charge < -0.3 is 5.32 Å². The smallest absolute Gasteiger partial charge is 0.00276 e. The van der Waals surface area contributed by atoms with Crippen LogP contribution in [0.5, 0.6) is 0 Å². The second-order valence-electron chi connectivity index (χ2n) is 3.99. The maximum absolute atomic E-state index is 3.07. The molecule has 1 heteroatoms. The minimum absolute atomic E-state index is 0.309. The SMILES string of the molecule is CN/C=C(\C)C(C)(C)C(C)C. The summed E-state index contributed by atoms with van der Waals surface area (Å²) < 4.78 is 0. The summed E-state index contributed by atoms with van der Waals surface area (Å²) in [5.74, 6) is 0.687. The minimum atomic E-state index is 0.309. The molecule has 0 aliphatic rings. The Balaban J connectivity index is 4.41. The van der Waals surface area contributed by atoms with Gasteiger partial charge in [-0.15, -0.1) is 0 Å². The summed E-state index contributed by atoms with van der Waals surface area (Å²) in [6.45, 7) is 11.2. The van der Waals surface area contributed by atoms with Crippen molar-refractivity contribution in [3.05, 3.63) is 11.8 Å². The molecule has 0 aromatic carbocycles. The standard InChI is InChI=1S/C10H21N/c1-8(2)10(4,5)9(3)7-11-6/h7-8,11H,1-6H3/b9-7+. The Kier molecular flexibility index (Phi) is 3.64. The van der Waals surface area contributed by atoms with Crippen molar-refractivity contribution in [3.63, 3.8) is 0 Å². The van der Waals surface area contributed by atoms with Gasteiger partial charge in [-0.3, -0.25) is 0 Å². The van der Waals surface area contributed by atoms with Crippen LogP contribution >= 0.6 is 0 Å². The summed E-state index contributed by atoms with van der Waals surface area (Å²) in [5.41, 5.74) is 1.72. The van der Waals surface area contributed by atoms with Crippen LogP contribution in [0.1, 0.15) is 34.6 Å². The van der Waals surface area contributed by atoms with Gasteiger partial charge in [-0.05, 0) is 24.5 Å². The fraction of sp³-hybridized carbons (Fsp3) is 0.800. The molecule has 0 aliphatic carbocycles. The molecule has 0 saturated heterocycles. The molecule has 0 rings (SSSR count). The molecule has 0 aromatic heterocycles. The van der Waals surface area contributed by atoms with E-state index in [9.17, 15) is 0 Å². The van der Waals surface area contributed by atoms with E-state index in [1.54, 1.807) is 0 Å². The van der Waals surface area contributed by atoms with Crippen molar-refractivity contribution in [2.24, 2.45) is 11.3 Å². The Hall–Kier alpha value is -0.460. The highest BCUT2D eigenvalue weighted by molar-refractivity contribution is 5.08. The van der Waals surface area contributed by atoms with Crippen molar-refractivity contribution in [1.29, 1.82) is 0 Å². The highest BCUT2D eigenvalue weighted by Gasteiger charge is 2.23. The van der Waals surface area contributed by atoms with Crippen LogP contribution in [0.3, 0.4) is 0 Å². The Bertz CT molecular complexity index is 143. The lowest BCUT2D eigenvalue weighted by Crippen LogP contribution is -2.21. The number of hydrogen-bond acceptors (Lipinski definition) is 1. The monoisotopic (exact) mass is 155 g/mol.